The van der Waals surface area contributed by atoms with Crippen LogP contribution in [0, 0.1) is 0 Å². The van der Waals surface area contributed by atoms with E-state index >= 15 is 0 Å². The van der Waals surface area contributed by atoms with Crippen LogP contribution >= 0.6 is 11.6 Å². The smallest absolute Gasteiger partial charge is 0.411 e. The van der Waals surface area contributed by atoms with Gasteiger partial charge in [0.15, 0.2) is 11.5 Å². The Balaban J connectivity index is 1.43. The van der Waals surface area contributed by atoms with Gasteiger partial charge in [-0.25, -0.2) is 4.79 Å². The van der Waals surface area contributed by atoms with E-state index in [-0.39, 0.29) is 18.2 Å². The first-order valence-corrected chi connectivity index (χ1v) is 11.4. The van der Waals surface area contributed by atoms with Crippen LogP contribution in [0.3, 0.4) is 0 Å². The van der Waals surface area contributed by atoms with E-state index in [0.29, 0.717) is 22.2 Å². The number of carbonyl (C=O) groups is 1. The molecule has 2 aromatic rings. The van der Waals surface area contributed by atoms with E-state index in [9.17, 15) is 4.79 Å². The summed E-state index contributed by atoms with van der Waals surface area (Å²) in [7, 11) is 0. The number of ether oxygens (including phenoxy) is 3. The molecule has 3 atom stereocenters. The Hall–Kier alpha value is -2.73. The molecule has 1 saturated heterocycles. The molecule has 1 aromatic carbocycles. The fourth-order valence-corrected chi connectivity index (χ4v) is 4.87. The number of hydrogen-bond acceptors (Lipinski definition) is 5. The van der Waals surface area contributed by atoms with Crippen molar-refractivity contribution in [1.82, 2.24) is 9.88 Å². The van der Waals surface area contributed by atoms with Crippen LogP contribution in [0.25, 0.3) is 5.57 Å². The number of pyridine rings is 1. The van der Waals surface area contributed by atoms with Gasteiger partial charge >= 0.3 is 6.09 Å². The van der Waals surface area contributed by atoms with Crippen LogP contribution in [-0.2, 0) is 10.5 Å². The molecule has 3 aliphatic heterocycles. The normalized spacial score (nSPS) is 26.2. The Bertz CT molecular complexity index is 1090. The van der Waals surface area contributed by atoms with Gasteiger partial charge in [-0.05, 0) is 63.8 Å². The lowest BCUT2D eigenvalue weighted by Crippen LogP contribution is -2.45. The van der Waals surface area contributed by atoms with Crippen LogP contribution in [0.15, 0.2) is 42.6 Å². The summed E-state index contributed by atoms with van der Waals surface area (Å²) in [6, 6.07) is 9.67. The Morgan fingerprint density at radius 3 is 2.72 bits per heavy atom. The van der Waals surface area contributed by atoms with Crippen molar-refractivity contribution in [1.29, 1.82) is 0 Å². The fraction of sp³-hybridized carbons (Fsp3) is 0.440. The Morgan fingerprint density at radius 1 is 1.22 bits per heavy atom. The number of hydrogen-bond donors (Lipinski definition) is 0. The summed E-state index contributed by atoms with van der Waals surface area (Å²) < 4.78 is 18.2. The number of amides is 1. The molecule has 0 N–H and O–H groups in total. The molecule has 1 fully saturated rings. The second-order valence-electron chi connectivity index (χ2n) is 9.73. The molecule has 1 aromatic heterocycles. The second-order valence-corrected chi connectivity index (χ2v) is 10.2. The number of para-hydroxylation sites is 1. The van der Waals surface area contributed by atoms with Crippen molar-refractivity contribution in [3.8, 4) is 11.5 Å². The Labute approximate surface area is 193 Å². The first kappa shape index (κ1) is 21.1. The minimum Gasteiger partial charge on any atom is -0.444 e. The zero-order valence-electron chi connectivity index (χ0n) is 18.7. The maximum atomic E-state index is 12.8. The number of aromatic nitrogens is 1. The zero-order chi connectivity index (χ0) is 22.7. The quantitative estimate of drug-likeness (QED) is 0.562. The molecule has 168 valence electrons. The molecule has 0 aliphatic carbocycles. The van der Waals surface area contributed by atoms with Crippen LogP contribution in [0.1, 0.15) is 58.2 Å². The molecule has 3 aliphatic rings. The molecule has 5 rings (SSSR count). The van der Waals surface area contributed by atoms with Gasteiger partial charge in [0.1, 0.15) is 11.3 Å². The van der Waals surface area contributed by atoms with E-state index in [4.69, 9.17) is 25.8 Å². The first-order chi connectivity index (χ1) is 15.1. The van der Waals surface area contributed by atoms with Gasteiger partial charge in [0, 0.05) is 24.7 Å². The van der Waals surface area contributed by atoms with Gasteiger partial charge in [0.25, 0.3) is 5.79 Å². The molecule has 3 unspecified atom stereocenters. The number of benzene rings is 1. The highest BCUT2D eigenvalue weighted by atomic mass is 35.5. The molecule has 7 heteroatoms. The lowest BCUT2D eigenvalue weighted by Gasteiger charge is -2.35. The second kappa shape index (κ2) is 7.41. The van der Waals surface area contributed by atoms with E-state index in [1.54, 1.807) is 12.3 Å². The van der Waals surface area contributed by atoms with Crippen molar-refractivity contribution >= 4 is 23.3 Å². The minimum atomic E-state index is -1.03. The number of nitrogens with zero attached hydrogens (tertiary/aromatic N) is 2. The van der Waals surface area contributed by atoms with Crippen molar-refractivity contribution in [3.05, 3.63) is 58.9 Å². The average Bonchev–Trinajstić information content (AvgIpc) is 3.20. The molecule has 0 spiro atoms. The maximum absolute atomic E-state index is 12.8. The zero-order valence-corrected chi connectivity index (χ0v) is 19.5. The third kappa shape index (κ3) is 3.71. The molecular weight excluding hydrogens is 428 g/mol. The Kier molecular flexibility index (Phi) is 4.89. The van der Waals surface area contributed by atoms with Crippen LogP contribution in [0.5, 0.6) is 11.5 Å². The van der Waals surface area contributed by atoms with Gasteiger partial charge in [-0.1, -0.05) is 29.8 Å². The summed E-state index contributed by atoms with van der Waals surface area (Å²) >= 11 is 5.99. The molecule has 4 heterocycles. The molecule has 0 radical (unpaired) electrons. The van der Waals surface area contributed by atoms with Gasteiger partial charge in [-0.15, -0.1) is 0 Å². The molecular formula is C25H27ClN2O4. The largest absolute Gasteiger partial charge is 0.444 e. The topological polar surface area (TPSA) is 60.9 Å². The Morgan fingerprint density at radius 2 is 2.03 bits per heavy atom. The average molecular weight is 455 g/mol. The van der Waals surface area contributed by atoms with Gasteiger partial charge in [0.05, 0.1) is 11.1 Å². The monoisotopic (exact) mass is 454 g/mol. The third-order valence-electron chi connectivity index (χ3n) is 6.12. The predicted octanol–water partition coefficient (Wildman–Crippen LogP) is 5.93. The molecule has 0 saturated carbocycles. The van der Waals surface area contributed by atoms with E-state index in [1.165, 1.54) is 5.57 Å². The van der Waals surface area contributed by atoms with Gasteiger partial charge < -0.3 is 14.2 Å². The first-order valence-electron chi connectivity index (χ1n) is 11.0. The molecule has 2 bridgehead atoms. The highest BCUT2D eigenvalue weighted by Gasteiger charge is 2.45. The third-order valence-corrected chi connectivity index (χ3v) is 6.34. The van der Waals surface area contributed by atoms with Gasteiger partial charge in [-0.2, -0.15) is 0 Å². The van der Waals surface area contributed by atoms with Crippen molar-refractivity contribution in [3.63, 3.8) is 0 Å². The van der Waals surface area contributed by atoms with Crippen molar-refractivity contribution < 1.29 is 19.0 Å². The molecule has 1 amide bonds. The van der Waals surface area contributed by atoms with Gasteiger partial charge in [-0.3, -0.25) is 9.88 Å². The summed E-state index contributed by atoms with van der Waals surface area (Å²) in [5, 5.41) is 0.561. The molecule has 32 heavy (non-hydrogen) atoms. The summed E-state index contributed by atoms with van der Waals surface area (Å²) in [5.41, 5.74) is 2.32. The van der Waals surface area contributed by atoms with Crippen molar-refractivity contribution in [2.24, 2.45) is 0 Å². The molecule has 6 nitrogen and oxygen atoms in total. The summed E-state index contributed by atoms with van der Waals surface area (Å²) in [5.74, 6) is 0.368. The van der Waals surface area contributed by atoms with E-state index < -0.39 is 11.4 Å². The highest BCUT2D eigenvalue weighted by Crippen LogP contribution is 2.50. The maximum Gasteiger partial charge on any atom is 0.411 e. The number of rotatable bonds is 2. The van der Waals surface area contributed by atoms with E-state index in [0.717, 1.165) is 24.8 Å². The standard InChI is InChI=1S/C25H27ClN2O4/c1-24(2,3)32-23(29)28-17-9-10-18(28)13-15(12-17)19-6-5-7-20-22(19)31-25(4,30-20)21-11-8-16(26)14-27-21/h5-8,11-12,14,17-18H,9-10,13H2,1-4H3. The lowest BCUT2D eigenvalue weighted by molar-refractivity contribution is -0.0718. The minimum absolute atomic E-state index is 0.0288. The van der Waals surface area contributed by atoms with Crippen LogP contribution in [0.2, 0.25) is 5.02 Å². The van der Waals surface area contributed by atoms with E-state index in [2.05, 4.69) is 17.1 Å². The SMILES string of the molecule is CC(C)(C)OC(=O)N1C2C=C(c3cccc4c3OC(C)(c3ccc(Cl)cn3)O4)CC1CC2. The van der Waals surface area contributed by atoms with E-state index in [1.807, 2.05) is 50.8 Å². The van der Waals surface area contributed by atoms with Gasteiger partial charge in [0.2, 0.25) is 0 Å². The number of halogens is 1. The highest BCUT2D eigenvalue weighted by molar-refractivity contribution is 6.30. The number of fused-ring (bicyclic) bond motifs is 3. The summed E-state index contributed by atoms with van der Waals surface area (Å²) in [6.45, 7) is 7.55. The van der Waals surface area contributed by atoms with Crippen molar-refractivity contribution in [2.75, 3.05) is 0 Å². The van der Waals surface area contributed by atoms with Crippen LogP contribution in [-0.4, -0.2) is 33.7 Å². The lowest BCUT2D eigenvalue weighted by atomic mass is 9.94. The van der Waals surface area contributed by atoms with Crippen LogP contribution in [0.4, 0.5) is 4.79 Å². The summed E-state index contributed by atoms with van der Waals surface area (Å²) in [4.78, 5) is 19.1. The summed E-state index contributed by atoms with van der Waals surface area (Å²) in [6.07, 6.45) is 6.19. The fourth-order valence-electron chi connectivity index (χ4n) is 4.76. The van der Waals surface area contributed by atoms with Crippen molar-refractivity contribution in [2.45, 2.75) is 70.4 Å². The predicted molar refractivity (Wildman–Crippen MR) is 122 cm³/mol. The number of carbonyl (C=O) groups excluding carboxylic acids is 1. The van der Waals surface area contributed by atoms with Crippen LogP contribution < -0.4 is 9.47 Å².